The van der Waals surface area contributed by atoms with Crippen molar-refractivity contribution < 1.29 is 13.2 Å². The first-order valence-corrected chi connectivity index (χ1v) is 10.2. The van der Waals surface area contributed by atoms with Gasteiger partial charge in [0, 0.05) is 18.7 Å². The molecule has 0 aliphatic rings. The molecule has 0 unspecified atom stereocenters. The average Bonchev–Trinajstić information content (AvgIpc) is 3.04. The molecule has 0 fully saturated rings. The molecule has 0 aliphatic heterocycles. The third-order valence-corrected chi connectivity index (χ3v) is 6.46. The molecule has 3 rings (SSSR count). The molecule has 0 radical (unpaired) electrons. The van der Waals surface area contributed by atoms with Crippen molar-refractivity contribution in [1.29, 1.82) is 0 Å². The van der Waals surface area contributed by atoms with Gasteiger partial charge in [0.25, 0.3) is 5.91 Å². The zero-order valence-corrected chi connectivity index (χ0v) is 16.3. The number of sulfonamides is 1. The van der Waals surface area contributed by atoms with Crippen molar-refractivity contribution in [2.24, 2.45) is 0 Å². The van der Waals surface area contributed by atoms with Crippen molar-refractivity contribution in [3.05, 3.63) is 53.6 Å². The predicted molar refractivity (Wildman–Crippen MR) is 105 cm³/mol. The number of nitrogens with one attached hydrogen (secondary N) is 2. The first-order chi connectivity index (χ1) is 12.9. The summed E-state index contributed by atoms with van der Waals surface area (Å²) in [7, 11) is -3.64. The van der Waals surface area contributed by atoms with Crippen molar-refractivity contribution in [2.45, 2.75) is 25.7 Å². The first-order valence-electron chi connectivity index (χ1n) is 8.73. The predicted octanol–water partition coefficient (Wildman–Crippen LogP) is 3.15. The summed E-state index contributed by atoms with van der Waals surface area (Å²) in [5, 5.41) is 2.71. The summed E-state index contributed by atoms with van der Waals surface area (Å²) < 4.78 is 26.8. The number of amides is 1. The van der Waals surface area contributed by atoms with E-state index in [9.17, 15) is 13.2 Å². The fraction of sp³-hybridized carbons (Fsp3) is 0.263. The Morgan fingerprint density at radius 1 is 1.15 bits per heavy atom. The van der Waals surface area contributed by atoms with Gasteiger partial charge >= 0.3 is 0 Å². The summed E-state index contributed by atoms with van der Waals surface area (Å²) in [4.78, 5) is 20.2. The highest BCUT2D eigenvalue weighted by Crippen LogP contribution is 2.21. The molecule has 0 spiro atoms. The van der Waals surface area contributed by atoms with E-state index in [4.69, 9.17) is 0 Å². The topological polar surface area (TPSA) is 95.2 Å². The minimum atomic E-state index is -3.64. The van der Waals surface area contributed by atoms with Gasteiger partial charge in [-0.15, -0.1) is 0 Å². The Bertz CT molecular complexity index is 1050. The maximum absolute atomic E-state index is 12.7. The lowest BCUT2D eigenvalue weighted by Gasteiger charge is -2.19. The molecule has 7 nitrogen and oxygen atoms in total. The summed E-state index contributed by atoms with van der Waals surface area (Å²) in [5.41, 5.74) is 2.52. The minimum Gasteiger partial charge on any atom is -0.324 e. The van der Waals surface area contributed by atoms with Crippen molar-refractivity contribution in [3.63, 3.8) is 0 Å². The van der Waals surface area contributed by atoms with Gasteiger partial charge in [-0.3, -0.25) is 10.1 Å². The fourth-order valence-corrected chi connectivity index (χ4v) is 4.39. The number of H-pyrrole nitrogens is 1. The first kappa shape index (κ1) is 19.1. The monoisotopic (exact) mass is 386 g/mol. The van der Waals surface area contributed by atoms with Gasteiger partial charge in [0.2, 0.25) is 16.0 Å². The fourth-order valence-electron chi connectivity index (χ4n) is 2.91. The Morgan fingerprint density at radius 2 is 1.85 bits per heavy atom. The third-order valence-electron chi connectivity index (χ3n) is 4.42. The lowest BCUT2D eigenvalue weighted by Crippen LogP contribution is -2.30. The Labute approximate surface area is 158 Å². The van der Waals surface area contributed by atoms with E-state index in [0.29, 0.717) is 30.2 Å². The largest absolute Gasteiger partial charge is 0.324 e. The zero-order chi connectivity index (χ0) is 19.6. The van der Waals surface area contributed by atoms with Crippen LogP contribution in [-0.2, 0) is 10.0 Å². The van der Waals surface area contributed by atoms with Crippen LogP contribution >= 0.6 is 0 Å². The maximum atomic E-state index is 12.7. The van der Waals surface area contributed by atoms with Gasteiger partial charge < -0.3 is 4.98 Å². The van der Waals surface area contributed by atoms with Gasteiger partial charge in [-0.25, -0.2) is 13.4 Å². The standard InChI is InChI=1S/C19H22N4O3S/c1-4-23(5-2)27(25,26)14-11-10-13(3)15(12-14)18(24)22-19-20-16-8-6-7-9-17(16)21-19/h6-12H,4-5H2,1-3H3,(H2,20,21,22,24). The number of aryl methyl sites for hydroxylation is 1. The van der Waals surface area contributed by atoms with Crippen molar-refractivity contribution in [3.8, 4) is 0 Å². The number of aromatic nitrogens is 2. The molecule has 0 bridgehead atoms. The quantitative estimate of drug-likeness (QED) is 0.680. The van der Waals surface area contributed by atoms with Crippen LogP contribution in [0.2, 0.25) is 0 Å². The van der Waals surface area contributed by atoms with Crippen LogP contribution in [0, 0.1) is 6.92 Å². The molecular formula is C19H22N4O3S. The Hall–Kier alpha value is -2.71. The molecule has 0 atom stereocenters. The molecule has 27 heavy (non-hydrogen) atoms. The van der Waals surface area contributed by atoms with E-state index in [1.54, 1.807) is 26.8 Å². The second kappa shape index (κ2) is 7.50. The number of carbonyl (C=O) groups excluding carboxylic acids is 1. The van der Waals surface area contributed by atoms with E-state index in [0.717, 1.165) is 11.0 Å². The molecule has 3 aromatic rings. The second-order valence-electron chi connectivity index (χ2n) is 6.12. The van der Waals surface area contributed by atoms with Crippen LogP contribution in [0.15, 0.2) is 47.4 Å². The number of hydrogen-bond donors (Lipinski definition) is 2. The van der Waals surface area contributed by atoms with Crippen LogP contribution in [0.5, 0.6) is 0 Å². The number of anilines is 1. The van der Waals surface area contributed by atoms with E-state index in [1.165, 1.54) is 16.4 Å². The Morgan fingerprint density at radius 3 is 2.52 bits per heavy atom. The number of benzene rings is 2. The molecule has 2 aromatic carbocycles. The Kier molecular flexibility index (Phi) is 5.29. The van der Waals surface area contributed by atoms with Gasteiger partial charge in [0.05, 0.1) is 15.9 Å². The van der Waals surface area contributed by atoms with Crippen LogP contribution in [0.3, 0.4) is 0 Å². The number of hydrogen-bond acceptors (Lipinski definition) is 4. The zero-order valence-electron chi connectivity index (χ0n) is 15.5. The number of para-hydroxylation sites is 2. The number of rotatable bonds is 6. The van der Waals surface area contributed by atoms with Crippen LogP contribution in [0.1, 0.15) is 29.8 Å². The van der Waals surface area contributed by atoms with Crippen molar-refractivity contribution >= 4 is 32.9 Å². The maximum Gasteiger partial charge on any atom is 0.258 e. The molecular weight excluding hydrogens is 364 g/mol. The highest BCUT2D eigenvalue weighted by molar-refractivity contribution is 7.89. The Balaban J connectivity index is 1.92. The summed E-state index contributed by atoms with van der Waals surface area (Å²) in [5.74, 6) is -0.0965. The van der Waals surface area contributed by atoms with E-state index in [1.807, 2.05) is 24.3 Å². The van der Waals surface area contributed by atoms with Crippen molar-refractivity contribution in [2.75, 3.05) is 18.4 Å². The van der Waals surface area contributed by atoms with Gasteiger partial charge in [-0.2, -0.15) is 4.31 Å². The number of nitrogens with zero attached hydrogens (tertiary/aromatic N) is 2. The van der Waals surface area contributed by atoms with Gasteiger partial charge in [-0.05, 0) is 36.8 Å². The van der Waals surface area contributed by atoms with Crippen molar-refractivity contribution in [1.82, 2.24) is 14.3 Å². The molecule has 2 N–H and O–H groups in total. The van der Waals surface area contributed by atoms with Crippen LogP contribution in [0.4, 0.5) is 5.95 Å². The van der Waals surface area contributed by atoms with Crippen LogP contribution in [0.25, 0.3) is 11.0 Å². The van der Waals surface area contributed by atoms with Crippen LogP contribution in [-0.4, -0.2) is 41.7 Å². The summed E-state index contributed by atoms with van der Waals surface area (Å²) in [6, 6.07) is 12.0. The molecule has 8 heteroatoms. The highest BCUT2D eigenvalue weighted by atomic mass is 32.2. The molecule has 142 valence electrons. The smallest absolute Gasteiger partial charge is 0.258 e. The molecule has 0 saturated heterocycles. The SMILES string of the molecule is CCN(CC)S(=O)(=O)c1ccc(C)c(C(=O)Nc2nc3ccccc3[nH]2)c1. The normalized spacial score (nSPS) is 11.9. The summed E-state index contributed by atoms with van der Waals surface area (Å²) >= 11 is 0. The molecule has 1 aromatic heterocycles. The average molecular weight is 386 g/mol. The number of fused-ring (bicyclic) bond motifs is 1. The minimum absolute atomic E-state index is 0.103. The third kappa shape index (κ3) is 3.72. The molecule has 0 saturated carbocycles. The van der Waals surface area contributed by atoms with E-state index in [2.05, 4.69) is 15.3 Å². The number of carbonyl (C=O) groups is 1. The van der Waals surface area contributed by atoms with Gasteiger partial charge in [0.15, 0.2) is 0 Å². The number of imidazole rings is 1. The lowest BCUT2D eigenvalue weighted by molar-refractivity contribution is 0.102. The van der Waals surface area contributed by atoms with Gasteiger partial charge in [-0.1, -0.05) is 32.0 Å². The van der Waals surface area contributed by atoms with Crippen LogP contribution < -0.4 is 5.32 Å². The highest BCUT2D eigenvalue weighted by Gasteiger charge is 2.23. The van der Waals surface area contributed by atoms with E-state index in [-0.39, 0.29) is 4.90 Å². The molecule has 0 aliphatic carbocycles. The van der Waals surface area contributed by atoms with E-state index < -0.39 is 15.9 Å². The summed E-state index contributed by atoms with van der Waals surface area (Å²) in [6.07, 6.45) is 0. The lowest BCUT2D eigenvalue weighted by atomic mass is 10.1. The second-order valence-corrected chi connectivity index (χ2v) is 8.06. The van der Waals surface area contributed by atoms with E-state index >= 15 is 0 Å². The number of aromatic amines is 1. The van der Waals surface area contributed by atoms with Gasteiger partial charge in [0.1, 0.15) is 0 Å². The molecule has 1 heterocycles. The molecule has 1 amide bonds. The summed E-state index contributed by atoms with van der Waals surface area (Å²) in [6.45, 7) is 6.07.